The van der Waals surface area contributed by atoms with Crippen LogP contribution in [0.15, 0.2) is 78.9 Å². The number of hydrogen-bond donors (Lipinski definition) is 2. The van der Waals surface area contributed by atoms with Gasteiger partial charge in [-0.2, -0.15) is 0 Å². The van der Waals surface area contributed by atoms with Crippen LogP contribution in [-0.4, -0.2) is 41.5 Å². The van der Waals surface area contributed by atoms with E-state index in [1.54, 1.807) is 12.1 Å². The minimum Gasteiger partial charge on any atom is -0.481 e. The van der Waals surface area contributed by atoms with Crippen LogP contribution in [0, 0.1) is 0 Å². The summed E-state index contributed by atoms with van der Waals surface area (Å²) in [7, 11) is 0. The van der Waals surface area contributed by atoms with Crippen LogP contribution in [0.4, 0.5) is 13.2 Å². The van der Waals surface area contributed by atoms with Crippen molar-refractivity contribution in [3.8, 4) is 5.75 Å². The quantitative estimate of drug-likeness (QED) is 0.183. The highest BCUT2D eigenvalue weighted by Crippen LogP contribution is 2.33. The molecule has 224 valence electrons. The van der Waals surface area contributed by atoms with E-state index in [2.05, 4.69) is 10.1 Å². The van der Waals surface area contributed by atoms with Crippen molar-refractivity contribution in [3.05, 3.63) is 107 Å². The lowest BCUT2D eigenvalue weighted by molar-refractivity contribution is -0.274. The van der Waals surface area contributed by atoms with Gasteiger partial charge in [0.15, 0.2) is 11.6 Å². The highest BCUT2D eigenvalue weighted by atomic mass is 19.4. The number of alkyl halides is 3. The van der Waals surface area contributed by atoms with Gasteiger partial charge < -0.3 is 15.2 Å². The van der Waals surface area contributed by atoms with Crippen LogP contribution >= 0.6 is 0 Å². The predicted octanol–water partition coefficient (Wildman–Crippen LogP) is 6.99. The van der Waals surface area contributed by atoms with Gasteiger partial charge >= 0.3 is 12.3 Å². The molecule has 0 unspecified atom stereocenters. The lowest BCUT2D eigenvalue weighted by atomic mass is 9.84. The standard InChI is InChI=1S/C33H30F3NO6/c34-33(35,36)43-27-16-14-25(15-17-27)31(41)28(23-8-12-26(13-9-23)32(42)37-19-18-30(39)40)20-29(38)24-10-6-22(7-11-24)21-4-2-1-3-5-21/h6-17,20-21H,1-5,18-19H2,(H,37,42)(H,39,40). The van der Waals surface area contributed by atoms with Crippen molar-refractivity contribution in [2.75, 3.05) is 6.54 Å². The molecule has 4 rings (SSSR count). The molecule has 0 aliphatic heterocycles. The number of hydrogen-bond acceptors (Lipinski definition) is 5. The monoisotopic (exact) mass is 593 g/mol. The number of ketones is 2. The van der Waals surface area contributed by atoms with Crippen LogP contribution in [0.1, 0.15) is 86.6 Å². The molecule has 0 bridgehead atoms. The normalized spacial score (nSPS) is 14.2. The van der Waals surface area contributed by atoms with Crippen LogP contribution < -0.4 is 10.1 Å². The topological polar surface area (TPSA) is 110 Å². The van der Waals surface area contributed by atoms with Crippen molar-refractivity contribution < 1.29 is 42.2 Å². The molecule has 0 atom stereocenters. The first kappa shape index (κ1) is 31.2. The molecule has 0 spiro atoms. The molecular weight excluding hydrogens is 563 g/mol. The number of nitrogens with one attached hydrogen (secondary N) is 1. The molecule has 3 aromatic carbocycles. The Bertz CT molecular complexity index is 1490. The second-order valence-electron chi connectivity index (χ2n) is 10.3. The predicted molar refractivity (Wildman–Crippen MR) is 153 cm³/mol. The number of carboxylic acids is 1. The zero-order chi connectivity index (χ0) is 31.0. The molecule has 1 saturated carbocycles. The molecule has 2 N–H and O–H groups in total. The molecule has 43 heavy (non-hydrogen) atoms. The van der Waals surface area contributed by atoms with Gasteiger partial charge in [0.05, 0.1) is 6.42 Å². The van der Waals surface area contributed by atoms with E-state index >= 15 is 0 Å². The third-order valence-corrected chi connectivity index (χ3v) is 7.22. The molecule has 1 fully saturated rings. The fourth-order valence-electron chi connectivity index (χ4n) is 5.00. The third kappa shape index (κ3) is 8.88. The van der Waals surface area contributed by atoms with E-state index in [1.807, 2.05) is 12.1 Å². The Morgan fingerprint density at radius 2 is 1.35 bits per heavy atom. The summed E-state index contributed by atoms with van der Waals surface area (Å²) >= 11 is 0. The molecule has 3 aromatic rings. The summed E-state index contributed by atoms with van der Waals surface area (Å²) < 4.78 is 41.6. The van der Waals surface area contributed by atoms with Gasteiger partial charge in [-0.25, -0.2) is 0 Å². The van der Waals surface area contributed by atoms with Crippen molar-refractivity contribution in [3.63, 3.8) is 0 Å². The fourth-order valence-corrected chi connectivity index (χ4v) is 5.00. The van der Waals surface area contributed by atoms with Crippen molar-refractivity contribution >= 4 is 29.0 Å². The Hall–Kier alpha value is -4.73. The van der Waals surface area contributed by atoms with Gasteiger partial charge in [0, 0.05) is 28.8 Å². The number of halogens is 3. The zero-order valence-corrected chi connectivity index (χ0v) is 23.2. The van der Waals surface area contributed by atoms with Gasteiger partial charge in [0.1, 0.15) is 5.75 Å². The van der Waals surface area contributed by atoms with E-state index in [-0.39, 0.29) is 29.7 Å². The number of ether oxygens (including phenoxy) is 1. The molecule has 1 amide bonds. The van der Waals surface area contributed by atoms with E-state index in [4.69, 9.17) is 5.11 Å². The summed E-state index contributed by atoms with van der Waals surface area (Å²) in [6.45, 7) is -0.0678. The number of Topliss-reactive ketones (excluding diaryl/α,β-unsaturated/α-hetero) is 1. The minimum atomic E-state index is -4.89. The maximum atomic E-state index is 13.6. The lowest BCUT2D eigenvalue weighted by Crippen LogP contribution is -2.25. The van der Waals surface area contributed by atoms with E-state index < -0.39 is 35.6 Å². The summed E-state index contributed by atoms with van der Waals surface area (Å²) in [5.41, 5.74) is 2.04. The number of aliphatic carboxylic acids is 1. The highest BCUT2D eigenvalue weighted by molar-refractivity contribution is 6.32. The molecular formula is C33H30F3NO6. The first-order valence-electron chi connectivity index (χ1n) is 13.9. The van der Waals surface area contributed by atoms with Gasteiger partial charge in [-0.1, -0.05) is 55.7 Å². The van der Waals surface area contributed by atoms with Crippen LogP contribution in [0.3, 0.4) is 0 Å². The van der Waals surface area contributed by atoms with Crippen LogP contribution in [-0.2, 0) is 4.79 Å². The van der Waals surface area contributed by atoms with Crippen LogP contribution in [0.25, 0.3) is 5.57 Å². The van der Waals surface area contributed by atoms with Crippen molar-refractivity contribution in [1.82, 2.24) is 5.32 Å². The van der Waals surface area contributed by atoms with E-state index in [9.17, 15) is 32.3 Å². The Balaban J connectivity index is 1.61. The van der Waals surface area contributed by atoms with Crippen LogP contribution in [0.5, 0.6) is 5.75 Å². The van der Waals surface area contributed by atoms with Crippen molar-refractivity contribution in [2.45, 2.75) is 50.8 Å². The maximum absolute atomic E-state index is 13.6. The first-order valence-corrected chi connectivity index (χ1v) is 13.9. The van der Waals surface area contributed by atoms with Gasteiger partial charge in [-0.15, -0.1) is 13.2 Å². The van der Waals surface area contributed by atoms with Gasteiger partial charge in [0.2, 0.25) is 0 Å². The Labute approximate surface area is 246 Å². The number of amides is 1. The van der Waals surface area contributed by atoms with Crippen LogP contribution in [0.2, 0.25) is 0 Å². The Kier molecular flexibility index (Phi) is 10.1. The molecule has 0 aromatic heterocycles. The molecule has 0 saturated heterocycles. The average molecular weight is 594 g/mol. The Morgan fingerprint density at radius 3 is 1.93 bits per heavy atom. The summed E-state index contributed by atoms with van der Waals surface area (Å²) in [5, 5.41) is 11.2. The number of allylic oxidation sites excluding steroid dienone is 2. The summed E-state index contributed by atoms with van der Waals surface area (Å²) in [6, 6.07) is 17.4. The average Bonchev–Trinajstić information content (AvgIpc) is 2.99. The van der Waals surface area contributed by atoms with E-state index in [0.717, 1.165) is 30.5 Å². The molecule has 10 heteroatoms. The number of benzene rings is 3. The minimum absolute atomic E-state index is 0.0244. The fraction of sp³-hybridized carbons (Fsp3) is 0.273. The van der Waals surface area contributed by atoms with Crippen molar-refractivity contribution in [2.24, 2.45) is 0 Å². The molecule has 0 radical (unpaired) electrons. The number of carboxylic acid groups (broad SMARTS) is 1. The summed E-state index contributed by atoms with van der Waals surface area (Å²) in [6.07, 6.45) is 1.82. The molecule has 7 nitrogen and oxygen atoms in total. The number of rotatable bonds is 11. The molecule has 1 aliphatic rings. The van der Waals surface area contributed by atoms with Gasteiger partial charge in [-0.05, 0) is 72.4 Å². The summed E-state index contributed by atoms with van der Waals surface area (Å²) in [5.74, 6) is -2.68. The highest BCUT2D eigenvalue weighted by Gasteiger charge is 2.31. The molecule has 0 heterocycles. The van der Waals surface area contributed by atoms with E-state index in [1.165, 1.54) is 61.7 Å². The second-order valence-corrected chi connectivity index (χ2v) is 10.3. The smallest absolute Gasteiger partial charge is 0.481 e. The van der Waals surface area contributed by atoms with Gasteiger partial charge in [0.25, 0.3) is 5.91 Å². The summed E-state index contributed by atoms with van der Waals surface area (Å²) in [4.78, 5) is 50.0. The van der Waals surface area contributed by atoms with Gasteiger partial charge in [-0.3, -0.25) is 19.2 Å². The first-order chi connectivity index (χ1) is 20.5. The zero-order valence-electron chi connectivity index (χ0n) is 23.2. The van der Waals surface area contributed by atoms with Crippen molar-refractivity contribution in [1.29, 1.82) is 0 Å². The van der Waals surface area contributed by atoms with E-state index in [0.29, 0.717) is 17.0 Å². The molecule has 1 aliphatic carbocycles. The number of carbonyl (C=O) groups is 4. The Morgan fingerprint density at radius 1 is 0.791 bits per heavy atom. The maximum Gasteiger partial charge on any atom is 0.573 e. The third-order valence-electron chi connectivity index (χ3n) is 7.22. The SMILES string of the molecule is O=C(O)CCNC(=O)c1ccc(C(=CC(=O)c2ccc(C3CCCCC3)cc2)C(=O)c2ccc(OC(F)(F)F)cc2)cc1. The lowest BCUT2D eigenvalue weighted by Gasteiger charge is -2.21. The largest absolute Gasteiger partial charge is 0.573 e. The number of carbonyl (C=O) groups excluding carboxylic acids is 3. The second kappa shape index (κ2) is 14.0.